The number of nitrogens with one attached hydrogen (secondary N) is 1. The molecule has 0 unspecified atom stereocenters. The molecule has 0 radical (unpaired) electrons. The van der Waals surface area contributed by atoms with E-state index in [0.717, 1.165) is 66.9 Å². The summed E-state index contributed by atoms with van der Waals surface area (Å²) in [6, 6.07) is 12.7. The van der Waals surface area contributed by atoms with E-state index in [1.165, 1.54) is 13.2 Å². The molecule has 1 aromatic heterocycles. The van der Waals surface area contributed by atoms with Gasteiger partial charge in [-0.05, 0) is 42.7 Å². The summed E-state index contributed by atoms with van der Waals surface area (Å²) in [5.41, 5.74) is 3.99. The third-order valence-corrected chi connectivity index (χ3v) is 7.41. The van der Waals surface area contributed by atoms with Crippen LogP contribution >= 0.6 is 11.6 Å². The lowest BCUT2D eigenvalue weighted by molar-refractivity contribution is -0.142. The van der Waals surface area contributed by atoms with E-state index >= 15 is 0 Å². The minimum atomic E-state index is -1.75. The number of pyridine rings is 1. The fourth-order valence-corrected chi connectivity index (χ4v) is 4.88. The molecular weight excluding hydrogens is 591 g/mol. The Labute approximate surface area is 262 Å². The Morgan fingerprint density at radius 2 is 1.89 bits per heavy atom. The van der Waals surface area contributed by atoms with Crippen molar-refractivity contribution in [1.82, 2.24) is 14.8 Å². The Hall–Kier alpha value is -3.89. The zero-order valence-corrected chi connectivity index (χ0v) is 26.1. The van der Waals surface area contributed by atoms with Crippen molar-refractivity contribution >= 4 is 45.6 Å². The summed E-state index contributed by atoms with van der Waals surface area (Å²) in [7, 11) is 1.41. The maximum atomic E-state index is 14.3. The number of unbranched alkanes of at least 4 members (excludes halogenated alkanes) is 1. The van der Waals surface area contributed by atoms with Crippen LogP contribution in [0.1, 0.15) is 37.8 Å². The molecule has 1 aliphatic rings. The molecule has 2 aromatic carbocycles. The van der Waals surface area contributed by atoms with Gasteiger partial charge in [-0.15, -0.1) is 0 Å². The number of hydrogen-bond acceptors (Lipinski definition) is 6. The van der Waals surface area contributed by atoms with E-state index in [1.54, 1.807) is 18.3 Å². The number of anilines is 1. The third-order valence-electron chi connectivity index (χ3n) is 7.12. The number of aliphatic imine (C=N–C) groups is 1. The molecule has 0 aliphatic carbocycles. The summed E-state index contributed by atoms with van der Waals surface area (Å²) in [4.78, 5) is 25.3. The standard InChI is InChI=1S/C32H37ClFN5O2.CH2F2/c1-4-5-6-9-25(19-35-23(2)39-16-14-38(15-17-39)22-31(40)41-3)24-12-13-30-27(18-24)32(28(33)21-36-30)37-20-26-10-7-8-11-29(26)34;2-1-3/h6-13,18-19,21H,4-5,14-17,20,22H2,1-3H3,(H,36,37);1H2/b9-6+,25-19+,35-23?;. The lowest BCUT2D eigenvalue weighted by Gasteiger charge is -2.35. The summed E-state index contributed by atoms with van der Waals surface area (Å²) >= 11 is 6.57. The summed E-state index contributed by atoms with van der Waals surface area (Å²) in [6.45, 7) is 6.14. The zero-order chi connectivity index (χ0) is 31.9. The number of benzene rings is 2. The zero-order valence-electron chi connectivity index (χ0n) is 25.3. The summed E-state index contributed by atoms with van der Waals surface area (Å²) in [6.07, 6.45) is 9.76. The molecule has 0 bridgehead atoms. The number of allylic oxidation sites excluding steroid dienone is 3. The van der Waals surface area contributed by atoms with Gasteiger partial charge in [-0.2, -0.15) is 0 Å². The molecule has 0 amide bonds. The second-order valence-electron chi connectivity index (χ2n) is 10.1. The van der Waals surface area contributed by atoms with Gasteiger partial charge in [-0.3, -0.25) is 14.7 Å². The van der Waals surface area contributed by atoms with Crippen LogP contribution in [0.25, 0.3) is 16.5 Å². The van der Waals surface area contributed by atoms with Gasteiger partial charge in [0.25, 0.3) is 0 Å². The monoisotopic (exact) mass is 629 g/mol. The van der Waals surface area contributed by atoms with Gasteiger partial charge in [0.05, 0.1) is 29.9 Å². The molecule has 1 N–H and O–H groups in total. The highest BCUT2D eigenvalue weighted by molar-refractivity contribution is 6.34. The number of rotatable bonds is 10. The van der Waals surface area contributed by atoms with Crippen LogP contribution in [0.5, 0.6) is 0 Å². The van der Waals surface area contributed by atoms with Gasteiger partial charge < -0.3 is 15.0 Å². The fourth-order valence-electron chi connectivity index (χ4n) is 4.66. The highest BCUT2D eigenvalue weighted by atomic mass is 35.5. The topological polar surface area (TPSA) is 70.1 Å². The predicted octanol–water partition coefficient (Wildman–Crippen LogP) is 7.43. The van der Waals surface area contributed by atoms with Crippen LogP contribution in [-0.4, -0.2) is 73.4 Å². The van der Waals surface area contributed by atoms with Crippen molar-refractivity contribution in [3.05, 3.63) is 89.0 Å². The number of piperazine rings is 1. The first-order valence-electron chi connectivity index (χ1n) is 14.4. The molecule has 0 atom stereocenters. The molecule has 11 heteroatoms. The molecule has 0 spiro atoms. The van der Waals surface area contributed by atoms with E-state index in [-0.39, 0.29) is 11.8 Å². The number of nitrogens with zero attached hydrogens (tertiary/aromatic N) is 4. The smallest absolute Gasteiger partial charge is 0.319 e. The highest BCUT2D eigenvalue weighted by Crippen LogP contribution is 2.32. The quantitative estimate of drug-likeness (QED) is 0.109. The Morgan fingerprint density at radius 1 is 1.16 bits per heavy atom. The van der Waals surface area contributed by atoms with Crippen molar-refractivity contribution < 1.29 is 22.7 Å². The predicted molar refractivity (Wildman–Crippen MR) is 173 cm³/mol. The number of hydrogen-bond donors (Lipinski definition) is 1. The molecular formula is C33H39ClF3N5O2. The van der Waals surface area contributed by atoms with Gasteiger partial charge in [0.2, 0.25) is 6.93 Å². The first kappa shape index (κ1) is 34.6. The van der Waals surface area contributed by atoms with E-state index in [2.05, 4.69) is 45.2 Å². The van der Waals surface area contributed by atoms with Crippen molar-refractivity contribution in [2.75, 3.05) is 52.1 Å². The van der Waals surface area contributed by atoms with Crippen LogP contribution < -0.4 is 5.32 Å². The minimum absolute atomic E-state index is 0.215. The van der Waals surface area contributed by atoms with Gasteiger partial charge in [0.15, 0.2) is 0 Å². The van der Waals surface area contributed by atoms with Gasteiger partial charge >= 0.3 is 5.97 Å². The molecule has 44 heavy (non-hydrogen) atoms. The SMILES string of the molecule is CCC/C=C/C(=C\N=C(C)N1CCN(CC(=O)OC)CC1)c1ccc2ncc(Cl)c(NCc3ccccc3F)c2c1.FCF. The van der Waals surface area contributed by atoms with E-state index in [0.29, 0.717) is 29.4 Å². The number of alkyl halides is 2. The number of methoxy groups -OCH3 is 1. The Balaban J connectivity index is 0.00000169. The van der Waals surface area contributed by atoms with Crippen molar-refractivity contribution in [1.29, 1.82) is 0 Å². The number of fused-ring (bicyclic) bond motifs is 1. The fraction of sp³-hybridized carbons (Fsp3) is 0.364. The number of aromatic nitrogens is 1. The Bertz CT molecular complexity index is 1470. The molecule has 0 saturated carbocycles. The van der Waals surface area contributed by atoms with Crippen LogP contribution in [0.3, 0.4) is 0 Å². The minimum Gasteiger partial charge on any atom is -0.468 e. The molecule has 1 fully saturated rings. The van der Waals surface area contributed by atoms with E-state index in [4.69, 9.17) is 21.3 Å². The van der Waals surface area contributed by atoms with Crippen molar-refractivity contribution in [3.8, 4) is 0 Å². The average molecular weight is 630 g/mol. The summed E-state index contributed by atoms with van der Waals surface area (Å²) in [5.74, 6) is 0.439. The van der Waals surface area contributed by atoms with Gasteiger partial charge in [0.1, 0.15) is 11.7 Å². The first-order valence-corrected chi connectivity index (χ1v) is 14.8. The molecule has 236 valence electrons. The number of carbonyl (C=O) groups excluding carboxylic acids is 1. The number of esters is 1. The van der Waals surface area contributed by atoms with Crippen LogP contribution in [0.4, 0.5) is 18.9 Å². The molecule has 1 aliphatic heterocycles. The second kappa shape index (κ2) is 18.0. The number of amidine groups is 1. The Kier molecular flexibility index (Phi) is 14.2. The molecule has 2 heterocycles. The van der Waals surface area contributed by atoms with E-state index in [1.807, 2.05) is 31.3 Å². The van der Waals surface area contributed by atoms with Gasteiger partial charge in [0, 0.05) is 56.1 Å². The number of carbonyl (C=O) groups is 1. The molecule has 3 aromatic rings. The van der Waals surface area contributed by atoms with Crippen molar-refractivity contribution in [2.24, 2.45) is 4.99 Å². The number of ether oxygens (including phenoxy) is 1. The Morgan fingerprint density at radius 3 is 2.57 bits per heavy atom. The lowest BCUT2D eigenvalue weighted by atomic mass is 10.0. The molecule has 7 nitrogen and oxygen atoms in total. The molecule has 4 rings (SSSR count). The van der Waals surface area contributed by atoms with Gasteiger partial charge in [-0.25, -0.2) is 18.2 Å². The summed E-state index contributed by atoms with van der Waals surface area (Å²) < 4.78 is 38.3. The van der Waals surface area contributed by atoms with Crippen LogP contribution in [0.15, 0.2) is 72.0 Å². The van der Waals surface area contributed by atoms with E-state index < -0.39 is 6.93 Å². The maximum Gasteiger partial charge on any atom is 0.319 e. The van der Waals surface area contributed by atoms with Crippen LogP contribution in [-0.2, 0) is 16.1 Å². The second-order valence-corrected chi connectivity index (χ2v) is 10.5. The normalized spacial score (nSPS) is 14.5. The maximum absolute atomic E-state index is 14.3. The van der Waals surface area contributed by atoms with E-state index in [9.17, 15) is 18.0 Å². The third kappa shape index (κ3) is 10.1. The summed E-state index contributed by atoms with van der Waals surface area (Å²) in [5, 5.41) is 4.65. The largest absolute Gasteiger partial charge is 0.468 e. The number of halogens is 4. The van der Waals surface area contributed by atoms with Gasteiger partial charge in [-0.1, -0.05) is 61.4 Å². The van der Waals surface area contributed by atoms with Crippen LogP contribution in [0, 0.1) is 5.82 Å². The van der Waals surface area contributed by atoms with Crippen molar-refractivity contribution in [2.45, 2.75) is 33.2 Å². The molecule has 1 saturated heterocycles. The van der Waals surface area contributed by atoms with Crippen LogP contribution in [0.2, 0.25) is 5.02 Å². The average Bonchev–Trinajstić information content (AvgIpc) is 3.03. The lowest BCUT2D eigenvalue weighted by Crippen LogP contribution is -2.49. The highest BCUT2D eigenvalue weighted by Gasteiger charge is 2.19. The van der Waals surface area contributed by atoms with Crippen molar-refractivity contribution in [3.63, 3.8) is 0 Å². The first-order chi connectivity index (χ1) is 21.3.